The van der Waals surface area contributed by atoms with Crippen LogP contribution in [0.25, 0.3) is 0 Å². The summed E-state index contributed by atoms with van der Waals surface area (Å²) in [5.41, 5.74) is 0. The number of unbranched alkanes of at least 4 members (excludes halogenated alkanes) is 27. The zero-order valence-corrected chi connectivity index (χ0v) is 35.5. The quantitative estimate of drug-likeness (QED) is 0.0266. The van der Waals surface area contributed by atoms with Crippen molar-refractivity contribution in [2.75, 3.05) is 54.1 Å². The van der Waals surface area contributed by atoms with Crippen LogP contribution in [-0.2, 0) is 27.9 Å². The number of ether oxygens (including phenoxy) is 2. The maximum absolute atomic E-state index is 12.4. The molecule has 51 heavy (non-hydrogen) atoms. The number of rotatable bonds is 41. The van der Waals surface area contributed by atoms with Crippen LogP contribution in [0.3, 0.4) is 0 Å². The molecule has 0 fully saturated rings. The monoisotopic (exact) mass is 748 g/mol. The fourth-order valence-corrected chi connectivity index (χ4v) is 6.98. The Labute approximate surface area is 317 Å². The molecule has 0 saturated heterocycles. The molecule has 0 saturated carbocycles. The summed E-state index contributed by atoms with van der Waals surface area (Å²) >= 11 is 0. The van der Waals surface area contributed by atoms with Gasteiger partial charge in [-0.3, -0.25) is 9.36 Å². The molecule has 0 aromatic rings. The number of phosphoric acid groups is 1. The number of hydrogen-bond acceptors (Lipinski definition) is 7. The highest BCUT2D eigenvalue weighted by Gasteiger charge is 2.20. The van der Waals surface area contributed by atoms with Crippen molar-refractivity contribution in [3.05, 3.63) is 0 Å². The fraction of sp³-hybridized carbons (Fsp3) is 0.976. The molecule has 8 nitrogen and oxygen atoms in total. The van der Waals surface area contributed by atoms with Crippen LogP contribution in [0.4, 0.5) is 0 Å². The van der Waals surface area contributed by atoms with E-state index in [1.54, 1.807) is 0 Å². The number of phosphoric ester groups is 1. The first kappa shape index (κ1) is 50.5. The topological polar surface area (TPSA) is 94.1 Å². The summed E-state index contributed by atoms with van der Waals surface area (Å²) in [6.07, 6.45) is 37.6. The van der Waals surface area contributed by atoms with Crippen molar-refractivity contribution < 1.29 is 37.3 Å². The SMILES string of the molecule is CCCCCCCCCCCCCCCCCCCCCCCCCCCOCC(COP(=O)([O-])OCC[N+](C)(C)C)OC(=O)CCCCCC. The maximum atomic E-state index is 12.4. The third-order valence-corrected chi connectivity index (χ3v) is 10.6. The lowest BCUT2D eigenvalue weighted by molar-refractivity contribution is -0.870. The molecule has 2 atom stereocenters. The van der Waals surface area contributed by atoms with E-state index in [-0.39, 0.29) is 25.8 Å². The van der Waals surface area contributed by atoms with E-state index in [2.05, 4.69) is 13.8 Å². The summed E-state index contributed by atoms with van der Waals surface area (Å²) in [6, 6.07) is 0. The molecule has 0 bridgehead atoms. The lowest BCUT2D eigenvalue weighted by Gasteiger charge is -2.28. The van der Waals surface area contributed by atoms with Gasteiger partial charge in [0.05, 0.1) is 34.4 Å². The van der Waals surface area contributed by atoms with E-state index in [0.717, 1.165) is 38.5 Å². The first-order valence-electron chi connectivity index (χ1n) is 21.8. The maximum Gasteiger partial charge on any atom is 0.306 e. The van der Waals surface area contributed by atoms with Gasteiger partial charge in [-0.05, 0) is 12.8 Å². The van der Waals surface area contributed by atoms with E-state index in [1.807, 2.05) is 21.1 Å². The van der Waals surface area contributed by atoms with Crippen molar-refractivity contribution in [2.45, 2.75) is 213 Å². The molecule has 0 amide bonds. The van der Waals surface area contributed by atoms with E-state index in [4.69, 9.17) is 18.5 Å². The van der Waals surface area contributed by atoms with E-state index >= 15 is 0 Å². The van der Waals surface area contributed by atoms with Crippen LogP contribution in [0.1, 0.15) is 206 Å². The van der Waals surface area contributed by atoms with Gasteiger partial charge >= 0.3 is 5.97 Å². The smallest absolute Gasteiger partial charge is 0.306 e. The second-order valence-electron chi connectivity index (χ2n) is 16.1. The summed E-state index contributed by atoms with van der Waals surface area (Å²) in [5, 5.41) is 0. The van der Waals surface area contributed by atoms with Crippen molar-refractivity contribution >= 4 is 13.8 Å². The Bertz CT molecular complexity index is 792. The predicted molar refractivity (Wildman–Crippen MR) is 213 cm³/mol. The summed E-state index contributed by atoms with van der Waals surface area (Å²) in [6.45, 7) is 5.33. The zero-order valence-electron chi connectivity index (χ0n) is 34.6. The highest BCUT2D eigenvalue weighted by atomic mass is 31.2. The number of quaternary nitrogens is 1. The van der Waals surface area contributed by atoms with Gasteiger partial charge in [0.2, 0.25) is 0 Å². The van der Waals surface area contributed by atoms with Gasteiger partial charge in [0.1, 0.15) is 19.3 Å². The van der Waals surface area contributed by atoms with Crippen LogP contribution >= 0.6 is 7.82 Å². The fourth-order valence-electron chi connectivity index (χ4n) is 6.25. The van der Waals surface area contributed by atoms with Crippen molar-refractivity contribution in [3.8, 4) is 0 Å². The Morgan fingerprint density at radius 2 is 0.902 bits per heavy atom. The molecular formula is C42H86NO7P. The Morgan fingerprint density at radius 1 is 0.529 bits per heavy atom. The minimum absolute atomic E-state index is 0.0300. The molecule has 0 aliphatic rings. The largest absolute Gasteiger partial charge is 0.756 e. The first-order chi connectivity index (χ1) is 24.6. The van der Waals surface area contributed by atoms with Crippen LogP contribution in [-0.4, -0.2) is 70.7 Å². The Hall–Kier alpha value is -0.500. The molecule has 0 aliphatic heterocycles. The standard InChI is InChI=1S/C42H86NO7P/c1-6-8-10-12-13-14-15-16-17-18-19-20-21-22-23-24-25-26-27-28-29-30-31-32-34-37-47-39-41(50-42(44)35-33-11-9-7-2)40-49-51(45,46)48-38-36-43(3,4)5/h41H,6-40H2,1-5H3. The molecule has 0 aliphatic carbocycles. The molecule has 0 heterocycles. The molecule has 9 heteroatoms. The normalized spacial score (nSPS) is 13.8. The molecule has 0 aromatic carbocycles. The van der Waals surface area contributed by atoms with Crippen LogP contribution in [0.5, 0.6) is 0 Å². The van der Waals surface area contributed by atoms with Crippen LogP contribution in [0, 0.1) is 0 Å². The second kappa shape index (κ2) is 36.5. The zero-order chi connectivity index (χ0) is 37.7. The van der Waals surface area contributed by atoms with Gasteiger partial charge in [-0.2, -0.15) is 0 Å². The third kappa shape index (κ3) is 40.5. The predicted octanol–water partition coefficient (Wildman–Crippen LogP) is 11.9. The average Bonchev–Trinajstić information content (AvgIpc) is 3.08. The number of nitrogens with zero attached hydrogens (tertiary/aromatic N) is 1. The number of esters is 1. The molecule has 2 unspecified atom stereocenters. The molecule has 0 aromatic heterocycles. The van der Waals surface area contributed by atoms with Crippen molar-refractivity contribution in [1.82, 2.24) is 0 Å². The lowest BCUT2D eigenvalue weighted by Crippen LogP contribution is -2.37. The highest BCUT2D eigenvalue weighted by molar-refractivity contribution is 7.45. The molecule has 0 rings (SSSR count). The van der Waals surface area contributed by atoms with E-state index in [0.29, 0.717) is 24.1 Å². The minimum atomic E-state index is -4.50. The summed E-state index contributed by atoms with van der Waals surface area (Å²) < 4.78 is 34.2. The highest BCUT2D eigenvalue weighted by Crippen LogP contribution is 2.38. The molecular weight excluding hydrogens is 661 g/mol. The molecule has 0 spiro atoms. The van der Waals surface area contributed by atoms with Gasteiger partial charge in [0.15, 0.2) is 0 Å². The van der Waals surface area contributed by atoms with Gasteiger partial charge in [0.25, 0.3) is 7.82 Å². The average molecular weight is 748 g/mol. The van der Waals surface area contributed by atoms with Crippen molar-refractivity contribution in [2.24, 2.45) is 0 Å². The number of likely N-dealkylation sites (N-methyl/N-ethyl adjacent to an activating group) is 1. The van der Waals surface area contributed by atoms with E-state index in [9.17, 15) is 14.3 Å². The minimum Gasteiger partial charge on any atom is -0.756 e. The Kier molecular flexibility index (Phi) is 36.1. The van der Waals surface area contributed by atoms with Crippen LogP contribution < -0.4 is 4.89 Å². The number of hydrogen-bond donors (Lipinski definition) is 0. The molecule has 0 N–H and O–H groups in total. The summed E-state index contributed by atoms with van der Waals surface area (Å²) in [7, 11) is 1.37. The van der Waals surface area contributed by atoms with Crippen LogP contribution in [0.2, 0.25) is 0 Å². The second-order valence-corrected chi connectivity index (χ2v) is 17.5. The molecule has 0 radical (unpaired) electrons. The summed E-state index contributed by atoms with van der Waals surface area (Å²) in [4.78, 5) is 24.6. The third-order valence-electron chi connectivity index (χ3n) is 9.66. The van der Waals surface area contributed by atoms with E-state index < -0.39 is 13.9 Å². The van der Waals surface area contributed by atoms with Crippen molar-refractivity contribution in [1.29, 1.82) is 0 Å². The Balaban J connectivity index is 3.78. The number of carbonyl (C=O) groups is 1. The molecule has 306 valence electrons. The van der Waals surface area contributed by atoms with Crippen LogP contribution in [0.15, 0.2) is 0 Å². The van der Waals surface area contributed by atoms with Crippen molar-refractivity contribution in [3.63, 3.8) is 0 Å². The van der Waals surface area contributed by atoms with Gasteiger partial charge in [0, 0.05) is 13.0 Å². The first-order valence-corrected chi connectivity index (χ1v) is 23.2. The summed E-state index contributed by atoms with van der Waals surface area (Å²) in [5.74, 6) is -0.347. The Morgan fingerprint density at radius 3 is 1.29 bits per heavy atom. The van der Waals surface area contributed by atoms with Gasteiger partial charge in [-0.25, -0.2) is 0 Å². The van der Waals surface area contributed by atoms with E-state index in [1.165, 1.54) is 148 Å². The van der Waals surface area contributed by atoms with Gasteiger partial charge in [-0.15, -0.1) is 0 Å². The van der Waals surface area contributed by atoms with Gasteiger partial charge < -0.3 is 27.9 Å². The number of carbonyl (C=O) groups excluding carboxylic acids is 1. The lowest BCUT2D eigenvalue weighted by atomic mass is 10.0. The van der Waals surface area contributed by atoms with Gasteiger partial charge in [-0.1, -0.05) is 187 Å².